The molecule has 86 valence electrons. The van der Waals surface area contributed by atoms with Crippen LogP contribution in [-0.2, 0) is 4.79 Å². The van der Waals surface area contributed by atoms with Gasteiger partial charge in [-0.05, 0) is 19.1 Å². The molecular formula is C11H11F2NO2. The van der Waals surface area contributed by atoms with Crippen molar-refractivity contribution in [2.45, 2.75) is 19.9 Å². The van der Waals surface area contributed by atoms with Gasteiger partial charge in [0.05, 0.1) is 11.7 Å². The van der Waals surface area contributed by atoms with E-state index in [9.17, 15) is 13.6 Å². The smallest absolute Gasteiger partial charge is 0.224 e. The van der Waals surface area contributed by atoms with Crippen LogP contribution < -0.4 is 9.64 Å². The first kappa shape index (κ1) is 10.9. The SMILES string of the molecule is CC(=O)N1c2ccc(F)c(F)c2OC[C@@H]1C. The minimum absolute atomic E-state index is 0.160. The third-order valence-electron chi connectivity index (χ3n) is 2.54. The van der Waals surface area contributed by atoms with Gasteiger partial charge in [-0.2, -0.15) is 4.39 Å². The van der Waals surface area contributed by atoms with Crippen LogP contribution >= 0.6 is 0 Å². The van der Waals surface area contributed by atoms with Crippen molar-refractivity contribution in [3.63, 3.8) is 0 Å². The first-order valence-corrected chi connectivity index (χ1v) is 4.93. The molecule has 0 N–H and O–H groups in total. The number of ether oxygens (including phenoxy) is 1. The van der Waals surface area contributed by atoms with E-state index in [1.54, 1.807) is 6.92 Å². The lowest BCUT2D eigenvalue weighted by Gasteiger charge is -2.34. The fourth-order valence-electron chi connectivity index (χ4n) is 1.84. The van der Waals surface area contributed by atoms with Gasteiger partial charge in [0, 0.05) is 6.92 Å². The molecule has 0 spiro atoms. The lowest BCUT2D eigenvalue weighted by molar-refractivity contribution is -0.117. The summed E-state index contributed by atoms with van der Waals surface area (Å²) in [6.07, 6.45) is 0. The van der Waals surface area contributed by atoms with E-state index in [-0.39, 0.29) is 30.0 Å². The number of carbonyl (C=O) groups excluding carboxylic acids is 1. The average molecular weight is 227 g/mol. The van der Waals surface area contributed by atoms with Crippen LogP contribution in [0, 0.1) is 11.6 Å². The zero-order valence-corrected chi connectivity index (χ0v) is 8.96. The lowest BCUT2D eigenvalue weighted by atomic mass is 10.1. The Balaban J connectivity index is 2.57. The molecule has 1 aliphatic rings. The van der Waals surface area contributed by atoms with Gasteiger partial charge in [0.15, 0.2) is 11.6 Å². The number of rotatable bonds is 0. The summed E-state index contributed by atoms with van der Waals surface area (Å²) in [7, 11) is 0. The van der Waals surface area contributed by atoms with E-state index in [1.165, 1.54) is 17.9 Å². The van der Waals surface area contributed by atoms with Gasteiger partial charge in [-0.3, -0.25) is 4.79 Å². The molecule has 0 bridgehead atoms. The summed E-state index contributed by atoms with van der Waals surface area (Å²) < 4.78 is 31.5. The van der Waals surface area contributed by atoms with Gasteiger partial charge in [0.2, 0.25) is 11.7 Å². The Morgan fingerprint density at radius 3 is 2.81 bits per heavy atom. The number of hydrogen-bond donors (Lipinski definition) is 0. The number of amides is 1. The fraction of sp³-hybridized carbons (Fsp3) is 0.364. The van der Waals surface area contributed by atoms with Crippen LogP contribution in [0.15, 0.2) is 12.1 Å². The first-order chi connectivity index (χ1) is 7.52. The monoisotopic (exact) mass is 227 g/mol. The molecule has 16 heavy (non-hydrogen) atoms. The Bertz CT molecular complexity index is 448. The molecule has 1 aromatic carbocycles. The van der Waals surface area contributed by atoms with Gasteiger partial charge in [0.1, 0.15) is 6.61 Å². The highest BCUT2D eigenvalue weighted by molar-refractivity contribution is 5.94. The number of benzene rings is 1. The minimum Gasteiger partial charge on any atom is -0.486 e. The predicted octanol–water partition coefficient (Wildman–Crippen LogP) is 2.10. The van der Waals surface area contributed by atoms with E-state index in [4.69, 9.17) is 4.74 Å². The third kappa shape index (κ3) is 1.52. The highest BCUT2D eigenvalue weighted by Crippen LogP contribution is 2.37. The standard InChI is InChI=1S/C11H11F2NO2/c1-6-5-16-11-9(14(6)7(2)15)4-3-8(12)10(11)13/h3-4,6H,5H2,1-2H3/t6-/m0/s1. The molecule has 1 aliphatic heterocycles. The predicted molar refractivity (Wildman–Crippen MR) is 54.5 cm³/mol. The second-order valence-corrected chi connectivity index (χ2v) is 3.76. The molecule has 1 aromatic rings. The molecule has 1 amide bonds. The minimum atomic E-state index is -1.05. The van der Waals surface area contributed by atoms with Crippen LogP contribution in [-0.4, -0.2) is 18.6 Å². The van der Waals surface area contributed by atoms with Gasteiger partial charge in [-0.25, -0.2) is 4.39 Å². The Kier molecular flexibility index (Phi) is 2.53. The molecule has 1 atom stereocenters. The van der Waals surface area contributed by atoms with Crippen LogP contribution in [0.1, 0.15) is 13.8 Å². The van der Waals surface area contributed by atoms with Crippen molar-refractivity contribution in [2.24, 2.45) is 0 Å². The maximum atomic E-state index is 13.4. The van der Waals surface area contributed by atoms with E-state index in [2.05, 4.69) is 0 Å². The summed E-state index contributed by atoms with van der Waals surface area (Å²) >= 11 is 0. The lowest BCUT2D eigenvalue weighted by Crippen LogP contribution is -2.44. The summed E-state index contributed by atoms with van der Waals surface area (Å²) in [6.45, 7) is 3.32. The van der Waals surface area contributed by atoms with Gasteiger partial charge in [0.25, 0.3) is 0 Å². The van der Waals surface area contributed by atoms with Crippen molar-refractivity contribution in [3.05, 3.63) is 23.8 Å². The normalized spacial score (nSPS) is 19.0. The van der Waals surface area contributed by atoms with Crippen LogP contribution in [0.2, 0.25) is 0 Å². The Hall–Kier alpha value is -1.65. The summed E-state index contributed by atoms with van der Waals surface area (Å²) in [4.78, 5) is 12.8. The number of anilines is 1. The zero-order valence-electron chi connectivity index (χ0n) is 8.96. The quantitative estimate of drug-likeness (QED) is 0.679. The summed E-state index contributed by atoms with van der Waals surface area (Å²) in [5, 5.41) is 0. The molecule has 5 heteroatoms. The molecule has 0 unspecified atom stereocenters. The number of carbonyl (C=O) groups is 1. The van der Waals surface area contributed by atoms with E-state index in [1.807, 2.05) is 0 Å². The van der Waals surface area contributed by atoms with Crippen LogP contribution in [0.4, 0.5) is 14.5 Å². The van der Waals surface area contributed by atoms with Gasteiger partial charge >= 0.3 is 0 Å². The van der Waals surface area contributed by atoms with Crippen molar-refractivity contribution in [1.29, 1.82) is 0 Å². The Morgan fingerprint density at radius 2 is 2.19 bits per heavy atom. The number of hydrogen-bond acceptors (Lipinski definition) is 2. The van der Waals surface area contributed by atoms with Gasteiger partial charge < -0.3 is 9.64 Å². The van der Waals surface area contributed by atoms with Crippen LogP contribution in [0.25, 0.3) is 0 Å². The second kappa shape index (κ2) is 3.73. The fourth-order valence-corrected chi connectivity index (χ4v) is 1.84. The Morgan fingerprint density at radius 1 is 1.50 bits per heavy atom. The first-order valence-electron chi connectivity index (χ1n) is 4.93. The summed E-state index contributed by atoms with van der Waals surface area (Å²) in [5.74, 6) is -2.43. The molecule has 0 fully saturated rings. The maximum Gasteiger partial charge on any atom is 0.224 e. The van der Waals surface area contributed by atoms with E-state index in [0.717, 1.165) is 6.07 Å². The highest BCUT2D eigenvalue weighted by atomic mass is 19.2. The molecule has 3 nitrogen and oxygen atoms in total. The van der Waals surface area contributed by atoms with E-state index in [0.29, 0.717) is 0 Å². The van der Waals surface area contributed by atoms with Crippen molar-refractivity contribution < 1.29 is 18.3 Å². The summed E-state index contributed by atoms with van der Waals surface area (Å²) in [6, 6.07) is 2.16. The molecular weight excluding hydrogens is 216 g/mol. The van der Waals surface area contributed by atoms with Crippen LogP contribution in [0.3, 0.4) is 0 Å². The van der Waals surface area contributed by atoms with Crippen molar-refractivity contribution in [1.82, 2.24) is 0 Å². The number of fused-ring (bicyclic) bond motifs is 1. The van der Waals surface area contributed by atoms with Crippen molar-refractivity contribution in [2.75, 3.05) is 11.5 Å². The number of nitrogens with zero attached hydrogens (tertiary/aromatic N) is 1. The number of halogens is 2. The second-order valence-electron chi connectivity index (χ2n) is 3.76. The van der Waals surface area contributed by atoms with Crippen molar-refractivity contribution >= 4 is 11.6 Å². The summed E-state index contributed by atoms with van der Waals surface area (Å²) in [5.41, 5.74) is 0.283. The molecule has 0 aromatic heterocycles. The third-order valence-corrected chi connectivity index (χ3v) is 2.54. The highest BCUT2D eigenvalue weighted by Gasteiger charge is 2.30. The molecule has 0 aliphatic carbocycles. The zero-order chi connectivity index (χ0) is 11.9. The van der Waals surface area contributed by atoms with Gasteiger partial charge in [-0.15, -0.1) is 0 Å². The average Bonchev–Trinajstić information content (AvgIpc) is 2.22. The van der Waals surface area contributed by atoms with Crippen molar-refractivity contribution in [3.8, 4) is 5.75 Å². The molecule has 0 radical (unpaired) electrons. The van der Waals surface area contributed by atoms with Crippen LogP contribution in [0.5, 0.6) is 5.75 Å². The molecule has 2 rings (SSSR count). The van der Waals surface area contributed by atoms with Gasteiger partial charge in [-0.1, -0.05) is 0 Å². The maximum absolute atomic E-state index is 13.4. The molecule has 1 heterocycles. The Labute approximate surface area is 91.6 Å². The largest absolute Gasteiger partial charge is 0.486 e. The van der Waals surface area contributed by atoms with E-state index >= 15 is 0 Å². The molecule has 0 saturated heterocycles. The molecule has 0 saturated carbocycles. The van der Waals surface area contributed by atoms with E-state index < -0.39 is 11.6 Å². The topological polar surface area (TPSA) is 29.5 Å².